The first-order valence-electron chi connectivity index (χ1n) is 7.36. The number of aliphatic hydroxyl groups excluding tert-OH is 1. The molecule has 0 radical (unpaired) electrons. The van der Waals surface area contributed by atoms with E-state index in [-0.39, 0.29) is 12.2 Å². The summed E-state index contributed by atoms with van der Waals surface area (Å²) >= 11 is 0. The van der Waals surface area contributed by atoms with E-state index in [4.69, 9.17) is 4.74 Å². The Kier molecular flexibility index (Phi) is 5.23. The fraction of sp³-hybridized carbons (Fsp3) is 0.625. The zero-order valence-electron chi connectivity index (χ0n) is 11.9. The molecule has 0 aliphatic heterocycles. The van der Waals surface area contributed by atoms with Crippen LogP contribution in [0.3, 0.4) is 0 Å². The molecule has 3 nitrogen and oxygen atoms in total. The Bertz CT molecular complexity index is 377. The smallest absolute Gasteiger partial charge is 0.124 e. The minimum absolute atomic E-state index is 0.0217. The van der Waals surface area contributed by atoms with Gasteiger partial charge in [0.1, 0.15) is 11.9 Å². The molecule has 1 fully saturated rings. The molecular formula is C16H25NO2. The molecule has 0 aromatic heterocycles. The Balaban J connectivity index is 1.87. The lowest BCUT2D eigenvalue weighted by Gasteiger charge is -2.17. The van der Waals surface area contributed by atoms with Crippen molar-refractivity contribution >= 4 is 0 Å². The number of aliphatic hydroxyl groups is 1. The molecule has 1 aromatic rings. The van der Waals surface area contributed by atoms with Gasteiger partial charge < -0.3 is 15.2 Å². The van der Waals surface area contributed by atoms with Gasteiger partial charge in [-0.3, -0.25) is 0 Å². The van der Waals surface area contributed by atoms with Crippen molar-refractivity contribution in [3.05, 3.63) is 29.8 Å². The highest BCUT2D eigenvalue weighted by molar-refractivity contribution is 5.28. The Morgan fingerprint density at radius 3 is 2.63 bits per heavy atom. The van der Waals surface area contributed by atoms with Gasteiger partial charge in [-0.1, -0.05) is 19.1 Å². The van der Waals surface area contributed by atoms with Crippen LogP contribution in [0, 0.1) is 0 Å². The van der Waals surface area contributed by atoms with Crippen molar-refractivity contribution in [2.75, 3.05) is 6.54 Å². The second-order valence-electron chi connectivity index (χ2n) is 5.46. The Hall–Kier alpha value is -1.06. The lowest BCUT2D eigenvalue weighted by atomic mass is 10.1. The first kappa shape index (κ1) is 14.4. The average molecular weight is 263 g/mol. The van der Waals surface area contributed by atoms with Gasteiger partial charge >= 0.3 is 0 Å². The number of nitrogens with one attached hydrogen (secondary N) is 1. The van der Waals surface area contributed by atoms with Crippen LogP contribution in [0.4, 0.5) is 0 Å². The van der Waals surface area contributed by atoms with Gasteiger partial charge in [-0.05, 0) is 56.8 Å². The molecule has 0 saturated heterocycles. The van der Waals surface area contributed by atoms with Gasteiger partial charge in [0.05, 0.1) is 6.10 Å². The van der Waals surface area contributed by atoms with Gasteiger partial charge in [-0.15, -0.1) is 0 Å². The maximum Gasteiger partial charge on any atom is 0.124 e. The third-order valence-corrected chi connectivity index (χ3v) is 3.72. The van der Waals surface area contributed by atoms with E-state index in [2.05, 4.69) is 31.3 Å². The Labute approximate surface area is 116 Å². The predicted octanol–water partition coefficient (Wildman–Crippen LogP) is 2.52. The summed E-state index contributed by atoms with van der Waals surface area (Å²) in [6, 6.07) is 8.75. The summed E-state index contributed by atoms with van der Waals surface area (Å²) in [7, 11) is 0. The van der Waals surface area contributed by atoms with Crippen LogP contribution in [-0.2, 0) is 6.42 Å². The number of hydrogen-bond acceptors (Lipinski definition) is 3. The summed E-state index contributed by atoms with van der Waals surface area (Å²) < 4.78 is 5.83. The van der Waals surface area contributed by atoms with Gasteiger partial charge in [0.2, 0.25) is 0 Å². The van der Waals surface area contributed by atoms with E-state index in [1.165, 1.54) is 5.56 Å². The number of ether oxygens (including phenoxy) is 1. The molecule has 3 atom stereocenters. The minimum Gasteiger partial charge on any atom is -0.488 e. The third-order valence-electron chi connectivity index (χ3n) is 3.72. The van der Waals surface area contributed by atoms with Crippen LogP contribution in [0.2, 0.25) is 0 Å². The van der Waals surface area contributed by atoms with Crippen molar-refractivity contribution in [2.24, 2.45) is 0 Å². The molecule has 1 aliphatic rings. The molecule has 1 aromatic carbocycles. The van der Waals surface area contributed by atoms with Crippen LogP contribution in [0.15, 0.2) is 24.3 Å². The summed E-state index contributed by atoms with van der Waals surface area (Å²) in [6.07, 6.45) is 3.59. The van der Waals surface area contributed by atoms with Gasteiger partial charge in [0, 0.05) is 6.04 Å². The Morgan fingerprint density at radius 2 is 2.05 bits per heavy atom. The zero-order chi connectivity index (χ0) is 13.7. The molecule has 0 amide bonds. The van der Waals surface area contributed by atoms with Crippen LogP contribution < -0.4 is 10.1 Å². The summed E-state index contributed by atoms with van der Waals surface area (Å²) in [5.41, 5.74) is 1.31. The van der Waals surface area contributed by atoms with E-state index in [1.54, 1.807) is 0 Å². The third kappa shape index (κ3) is 4.22. The van der Waals surface area contributed by atoms with Crippen molar-refractivity contribution in [1.82, 2.24) is 5.32 Å². The van der Waals surface area contributed by atoms with Crippen molar-refractivity contribution < 1.29 is 9.84 Å². The highest BCUT2D eigenvalue weighted by Crippen LogP contribution is 2.25. The Morgan fingerprint density at radius 1 is 1.32 bits per heavy atom. The molecule has 1 saturated carbocycles. The van der Waals surface area contributed by atoms with Crippen molar-refractivity contribution in [2.45, 2.75) is 57.8 Å². The topological polar surface area (TPSA) is 41.5 Å². The van der Waals surface area contributed by atoms with Gasteiger partial charge in [0.15, 0.2) is 0 Å². The van der Waals surface area contributed by atoms with Crippen molar-refractivity contribution in [3.8, 4) is 5.75 Å². The van der Waals surface area contributed by atoms with Gasteiger partial charge in [-0.2, -0.15) is 0 Å². The van der Waals surface area contributed by atoms with Gasteiger partial charge in [0.25, 0.3) is 0 Å². The molecule has 106 valence electrons. The van der Waals surface area contributed by atoms with E-state index >= 15 is 0 Å². The van der Waals surface area contributed by atoms with E-state index in [0.29, 0.717) is 6.04 Å². The van der Waals surface area contributed by atoms with Crippen LogP contribution in [0.5, 0.6) is 5.75 Å². The summed E-state index contributed by atoms with van der Waals surface area (Å²) in [4.78, 5) is 0. The maximum absolute atomic E-state index is 9.75. The highest BCUT2D eigenvalue weighted by atomic mass is 16.5. The van der Waals surface area contributed by atoms with E-state index < -0.39 is 0 Å². The summed E-state index contributed by atoms with van der Waals surface area (Å²) in [6.45, 7) is 5.32. The number of likely N-dealkylation sites (N-methyl/N-ethyl adjacent to an activating group) is 1. The SMILES string of the molecule is CCNC(C)Cc1ccc(OC2CCCC2O)cc1. The molecule has 2 N–H and O–H groups in total. The molecule has 0 bridgehead atoms. The fourth-order valence-electron chi connectivity index (χ4n) is 2.70. The second-order valence-corrected chi connectivity index (χ2v) is 5.46. The molecule has 2 rings (SSSR count). The van der Waals surface area contributed by atoms with E-state index in [0.717, 1.165) is 38.0 Å². The monoisotopic (exact) mass is 263 g/mol. The van der Waals surface area contributed by atoms with E-state index in [1.807, 2.05) is 12.1 Å². The van der Waals surface area contributed by atoms with Crippen LogP contribution >= 0.6 is 0 Å². The number of rotatable bonds is 6. The number of hydrogen-bond donors (Lipinski definition) is 2. The normalized spacial score (nSPS) is 24.4. The predicted molar refractivity (Wildman–Crippen MR) is 77.6 cm³/mol. The molecule has 0 spiro atoms. The van der Waals surface area contributed by atoms with E-state index in [9.17, 15) is 5.11 Å². The minimum atomic E-state index is -0.298. The largest absolute Gasteiger partial charge is 0.488 e. The number of benzene rings is 1. The average Bonchev–Trinajstić information content (AvgIpc) is 2.78. The summed E-state index contributed by atoms with van der Waals surface area (Å²) in [5, 5.41) is 13.2. The molecular weight excluding hydrogens is 238 g/mol. The molecule has 3 unspecified atom stereocenters. The highest BCUT2D eigenvalue weighted by Gasteiger charge is 2.26. The quantitative estimate of drug-likeness (QED) is 0.828. The molecule has 3 heteroatoms. The molecule has 19 heavy (non-hydrogen) atoms. The summed E-state index contributed by atoms with van der Waals surface area (Å²) in [5.74, 6) is 0.866. The van der Waals surface area contributed by atoms with Crippen molar-refractivity contribution in [3.63, 3.8) is 0 Å². The van der Waals surface area contributed by atoms with Crippen LogP contribution in [0.1, 0.15) is 38.7 Å². The molecule has 0 heterocycles. The van der Waals surface area contributed by atoms with Crippen molar-refractivity contribution in [1.29, 1.82) is 0 Å². The first-order valence-corrected chi connectivity index (χ1v) is 7.36. The van der Waals surface area contributed by atoms with Gasteiger partial charge in [-0.25, -0.2) is 0 Å². The fourth-order valence-corrected chi connectivity index (χ4v) is 2.70. The van der Waals surface area contributed by atoms with Crippen LogP contribution in [0.25, 0.3) is 0 Å². The lowest BCUT2D eigenvalue weighted by molar-refractivity contribution is 0.0604. The standard InChI is InChI=1S/C16H25NO2/c1-3-17-12(2)11-13-7-9-14(10-8-13)19-16-6-4-5-15(16)18/h7-10,12,15-18H,3-6,11H2,1-2H3. The zero-order valence-corrected chi connectivity index (χ0v) is 11.9. The molecule has 1 aliphatic carbocycles. The van der Waals surface area contributed by atoms with Crippen LogP contribution in [-0.4, -0.2) is 29.9 Å². The first-order chi connectivity index (χ1) is 9.19. The second kappa shape index (κ2) is 6.92. The maximum atomic E-state index is 9.75. The lowest BCUT2D eigenvalue weighted by Crippen LogP contribution is -2.27.